The number of benzene rings is 2. The first-order valence-electron chi connectivity index (χ1n) is 8.64. The van der Waals surface area contributed by atoms with E-state index in [0.717, 1.165) is 0 Å². The Morgan fingerprint density at radius 3 is 2.46 bits per heavy atom. The second kappa shape index (κ2) is 8.31. The van der Waals surface area contributed by atoms with Crippen LogP contribution in [0.15, 0.2) is 42.5 Å². The molecular weight excluding hydrogens is 360 g/mol. The van der Waals surface area contributed by atoms with E-state index in [0.29, 0.717) is 41.5 Å². The summed E-state index contributed by atoms with van der Waals surface area (Å²) in [5, 5.41) is 11.5. The summed E-state index contributed by atoms with van der Waals surface area (Å²) in [7, 11) is 3.08. The number of methoxy groups -OCH3 is 2. The molecule has 0 radical (unpaired) electrons. The molecule has 1 saturated heterocycles. The first-order chi connectivity index (χ1) is 13.5. The molecule has 0 aliphatic carbocycles. The molecule has 2 aromatic rings. The number of nitriles is 1. The van der Waals surface area contributed by atoms with E-state index in [2.05, 4.69) is 5.32 Å². The molecule has 0 spiro atoms. The Kier molecular flexibility index (Phi) is 5.65. The maximum absolute atomic E-state index is 12.7. The lowest BCUT2D eigenvalue weighted by Gasteiger charge is -2.19. The average Bonchev–Trinajstić information content (AvgIpc) is 3.08. The molecule has 3 rings (SSSR count). The van der Waals surface area contributed by atoms with Crippen LogP contribution in [0.2, 0.25) is 0 Å². The maximum Gasteiger partial charge on any atom is 0.325 e. The highest BCUT2D eigenvalue weighted by Crippen LogP contribution is 2.32. The topological polar surface area (TPSA) is 94.9 Å². The maximum atomic E-state index is 12.7. The van der Waals surface area contributed by atoms with Crippen LogP contribution in [0, 0.1) is 11.3 Å². The molecule has 0 aromatic heterocycles. The van der Waals surface area contributed by atoms with Crippen molar-refractivity contribution >= 4 is 23.3 Å². The summed E-state index contributed by atoms with van der Waals surface area (Å²) >= 11 is 0. The fourth-order valence-corrected chi connectivity index (χ4v) is 2.96. The van der Waals surface area contributed by atoms with Crippen LogP contribution < -0.4 is 19.7 Å². The number of hydrogen-bond acceptors (Lipinski definition) is 5. The smallest absolute Gasteiger partial charge is 0.325 e. The van der Waals surface area contributed by atoms with Gasteiger partial charge in [-0.1, -0.05) is 0 Å². The number of nitrogens with zero attached hydrogens (tertiary/aromatic N) is 3. The monoisotopic (exact) mass is 380 g/mol. The van der Waals surface area contributed by atoms with Gasteiger partial charge in [0.15, 0.2) is 11.5 Å². The molecule has 1 heterocycles. The van der Waals surface area contributed by atoms with E-state index in [1.807, 2.05) is 6.07 Å². The second-order valence-electron chi connectivity index (χ2n) is 6.13. The molecule has 0 unspecified atom stereocenters. The number of amides is 3. The van der Waals surface area contributed by atoms with Gasteiger partial charge in [-0.15, -0.1) is 0 Å². The van der Waals surface area contributed by atoms with E-state index >= 15 is 0 Å². The Morgan fingerprint density at radius 1 is 1.11 bits per heavy atom. The lowest BCUT2D eigenvalue weighted by molar-refractivity contribution is -0.116. The quantitative estimate of drug-likeness (QED) is 0.831. The number of urea groups is 1. The minimum Gasteiger partial charge on any atom is -0.493 e. The Labute approximate surface area is 162 Å². The van der Waals surface area contributed by atoms with Crippen LogP contribution in [0.3, 0.4) is 0 Å². The van der Waals surface area contributed by atoms with Gasteiger partial charge >= 0.3 is 6.03 Å². The molecule has 8 nitrogen and oxygen atoms in total. The first kappa shape index (κ1) is 19.0. The molecule has 0 bridgehead atoms. The third kappa shape index (κ3) is 3.99. The number of nitrogens with one attached hydrogen (secondary N) is 1. The SMILES string of the molecule is COc1ccc(N2CCN(CC(=O)Nc3ccc(C#N)cc3)C2=O)cc1OC. The predicted octanol–water partition coefficient (Wildman–Crippen LogP) is 2.46. The molecular formula is C20H20N4O4. The normalized spacial score (nSPS) is 13.2. The van der Waals surface area contributed by atoms with E-state index in [4.69, 9.17) is 14.7 Å². The van der Waals surface area contributed by atoms with Gasteiger partial charge < -0.3 is 19.7 Å². The number of ether oxygens (including phenoxy) is 2. The van der Waals surface area contributed by atoms with Crippen LogP contribution >= 0.6 is 0 Å². The average molecular weight is 380 g/mol. The van der Waals surface area contributed by atoms with E-state index < -0.39 is 0 Å². The van der Waals surface area contributed by atoms with Crippen molar-refractivity contribution in [2.75, 3.05) is 44.1 Å². The van der Waals surface area contributed by atoms with Gasteiger partial charge in [0.25, 0.3) is 0 Å². The van der Waals surface area contributed by atoms with E-state index in [1.54, 1.807) is 54.5 Å². The standard InChI is InChI=1S/C20H20N4O4/c1-27-17-8-7-16(11-18(17)28-2)24-10-9-23(20(24)26)13-19(25)22-15-5-3-14(12-21)4-6-15/h3-8,11H,9-10,13H2,1-2H3,(H,22,25). The van der Waals surface area contributed by atoms with Gasteiger partial charge in [-0.05, 0) is 36.4 Å². The number of anilines is 2. The van der Waals surface area contributed by atoms with Crippen LogP contribution in [0.1, 0.15) is 5.56 Å². The highest BCUT2D eigenvalue weighted by molar-refractivity contribution is 5.99. The number of carbonyl (C=O) groups excluding carboxylic acids is 2. The Balaban J connectivity index is 1.63. The van der Waals surface area contributed by atoms with Crippen molar-refractivity contribution in [3.05, 3.63) is 48.0 Å². The van der Waals surface area contributed by atoms with Gasteiger partial charge in [0.2, 0.25) is 5.91 Å². The molecule has 3 amide bonds. The van der Waals surface area contributed by atoms with Crippen molar-refractivity contribution in [3.63, 3.8) is 0 Å². The molecule has 1 fully saturated rings. The van der Waals surface area contributed by atoms with E-state index in [9.17, 15) is 9.59 Å². The number of hydrogen-bond donors (Lipinski definition) is 1. The van der Waals surface area contributed by atoms with Gasteiger partial charge in [-0.25, -0.2) is 4.79 Å². The summed E-state index contributed by atoms with van der Waals surface area (Å²) < 4.78 is 10.5. The third-order valence-electron chi connectivity index (χ3n) is 4.41. The van der Waals surface area contributed by atoms with Crippen LogP contribution in [0.25, 0.3) is 0 Å². The van der Waals surface area contributed by atoms with Gasteiger partial charge in [-0.3, -0.25) is 9.69 Å². The van der Waals surface area contributed by atoms with Gasteiger partial charge in [0.1, 0.15) is 6.54 Å². The van der Waals surface area contributed by atoms with Crippen LogP contribution in [-0.4, -0.2) is 50.7 Å². The zero-order chi connectivity index (χ0) is 20.1. The molecule has 0 atom stereocenters. The molecule has 1 N–H and O–H groups in total. The van der Waals surface area contributed by atoms with Crippen molar-refractivity contribution in [1.82, 2.24) is 4.90 Å². The first-order valence-corrected chi connectivity index (χ1v) is 8.64. The molecule has 28 heavy (non-hydrogen) atoms. The summed E-state index contributed by atoms with van der Waals surface area (Å²) in [5.41, 5.74) is 1.77. The van der Waals surface area contributed by atoms with Crippen molar-refractivity contribution in [2.45, 2.75) is 0 Å². The lowest BCUT2D eigenvalue weighted by atomic mass is 10.2. The molecule has 0 saturated carbocycles. The largest absolute Gasteiger partial charge is 0.493 e. The third-order valence-corrected chi connectivity index (χ3v) is 4.41. The van der Waals surface area contributed by atoms with E-state index in [1.165, 1.54) is 12.0 Å². The fraction of sp³-hybridized carbons (Fsp3) is 0.250. The summed E-state index contributed by atoms with van der Waals surface area (Å²) in [6, 6.07) is 13.6. The van der Waals surface area contributed by atoms with Crippen molar-refractivity contribution in [2.24, 2.45) is 0 Å². The van der Waals surface area contributed by atoms with Crippen LogP contribution in [-0.2, 0) is 4.79 Å². The molecule has 1 aliphatic rings. The number of rotatable bonds is 6. The zero-order valence-corrected chi connectivity index (χ0v) is 15.6. The Hall–Kier alpha value is -3.73. The highest BCUT2D eigenvalue weighted by Gasteiger charge is 2.31. The summed E-state index contributed by atoms with van der Waals surface area (Å²) in [4.78, 5) is 28.0. The van der Waals surface area contributed by atoms with Crippen LogP contribution in [0.4, 0.5) is 16.2 Å². The van der Waals surface area contributed by atoms with Crippen molar-refractivity contribution in [1.29, 1.82) is 5.26 Å². The van der Waals surface area contributed by atoms with E-state index in [-0.39, 0.29) is 18.5 Å². The highest BCUT2D eigenvalue weighted by atomic mass is 16.5. The summed E-state index contributed by atoms with van der Waals surface area (Å²) in [6.45, 7) is 0.856. The Bertz CT molecular complexity index is 921. The zero-order valence-electron chi connectivity index (χ0n) is 15.6. The minimum absolute atomic E-state index is 0.0530. The summed E-state index contributed by atoms with van der Waals surface area (Å²) in [5.74, 6) is 0.813. The van der Waals surface area contributed by atoms with Crippen LogP contribution in [0.5, 0.6) is 11.5 Å². The minimum atomic E-state index is -0.299. The van der Waals surface area contributed by atoms with Crippen molar-refractivity contribution < 1.29 is 19.1 Å². The fourth-order valence-electron chi connectivity index (χ4n) is 2.96. The van der Waals surface area contributed by atoms with Crippen molar-refractivity contribution in [3.8, 4) is 17.6 Å². The Morgan fingerprint density at radius 2 is 1.82 bits per heavy atom. The summed E-state index contributed by atoms with van der Waals surface area (Å²) in [6.07, 6.45) is 0. The molecule has 144 valence electrons. The molecule has 1 aliphatic heterocycles. The number of carbonyl (C=O) groups is 2. The predicted molar refractivity (Wildman–Crippen MR) is 104 cm³/mol. The molecule has 2 aromatic carbocycles. The second-order valence-corrected chi connectivity index (χ2v) is 6.13. The van der Waals surface area contributed by atoms with Gasteiger partial charge in [0, 0.05) is 30.5 Å². The van der Waals surface area contributed by atoms with Gasteiger partial charge in [0.05, 0.1) is 25.9 Å². The molecule has 8 heteroatoms. The van der Waals surface area contributed by atoms with Gasteiger partial charge in [-0.2, -0.15) is 5.26 Å². The lowest BCUT2D eigenvalue weighted by Crippen LogP contribution is -2.37.